The second-order valence-electron chi connectivity index (χ2n) is 38.8. The highest BCUT2D eigenvalue weighted by Crippen LogP contribution is 2.39. The number of piperidine rings is 5. The summed E-state index contributed by atoms with van der Waals surface area (Å²) in [5, 5.41) is 101. The summed E-state index contributed by atoms with van der Waals surface area (Å²) in [6.07, 6.45) is 4.56. The molecule has 0 aliphatic carbocycles. The molecule has 0 spiro atoms. The Morgan fingerprint density at radius 2 is 0.554 bits per heavy atom. The number of ether oxygens (including phenoxy) is 2. The summed E-state index contributed by atoms with van der Waals surface area (Å²) in [6, 6.07) is 101. The zero-order valence-corrected chi connectivity index (χ0v) is 88.6. The van der Waals surface area contributed by atoms with Gasteiger partial charge in [-0.15, -0.1) is 0 Å². The molecule has 2 unspecified atom stereocenters. The lowest BCUT2D eigenvalue weighted by atomic mass is 9.74. The zero-order chi connectivity index (χ0) is 108. The molecule has 0 bridgehead atoms. The van der Waals surface area contributed by atoms with Gasteiger partial charge >= 0.3 is 60.2 Å². The van der Waals surface area contributed by atoms with Crippen molar-refractivity contribution in [3.05, 3.63) is 365 Å². The van der Waals surface area contributed by atoms with Gasteiger partial charge in [-0.05, 0) is 254 Å². The Hall–Kier alpha value is -11.5. The average Bonchev–Trinajstić information content (AvgIpc) is 0.816. The lowest BCUT2D eigenvalue weighted by Crippen LogP contribution is -2.51. The number of aliphatic carboxylic acids is 4. The third kappa shape index (κ3) is 41.4. The van der Waals surface area contributed by atoms with Crippen LogP contribution in [0.5, 0.6) is 0 Å². The molecule has 790 valence electrons. The van der Waals surface area contributed by atoms with Crippen molar-refractivity contribution >= 4 is 83.7 Å². The number of carboxylic acids is 4. The maximum atomic E-state index is 12.2. The van der Waals surface area contributed by atoms with Gasteiger partial charge in [0.1, 0.15) is 18.1 Å². The summed E-state index contributed by atoms with van der Waals surface area (Å²) in [7, 11) is -3.49. The topological polar surface area (TPSA) is 460 Å². The van der Waals surface area contributed by atoms with Crippen LogP contribution in [0.25, 0.3) is 5.57 Å². The van der Waals surface area contributed by atoms with E-state index in [1.165, 1.54) is 27.8 Å². The first kappa shape index (κ1) is 123. The number of benzene rings is 10. The highest BCUT2D eigenvalue weighted by molar-refractivity contribution is 6.47. The van der Waals surface area contributed by atoms with Gasteiger partial charge < -0.3 is 126 Å². The molecule has 14 atom stereocenters. The first-order valence-electron chi connectivity index (χ1n) is 52.0. The molecule has 0 saturated carbocycles. The number of carboxylic acid groups (broad SMARTS) is 4. The van der Waals surface area contributed by atoms with Gasteiger partial charge in [-0.1, -0.05) is 303 Å². The van der Waals surface area contributed by atoms with E-state index in [2.05, 4.69) is 86.5 Å². The van der Waals surface area contributed by atoms with Crippen molar-refractivity contribution in [2.45, 2.75) is 175 Å². The Labute approximate surface area is 879 Å². The molecule has 18 N–H and O–H groups in total. The molecule has 10 aromatic carbocycles. The van der Waals surface area contributed by atoms with E-state index in [1.807, 2.05) is 283 Å². The quantitative estimate of drug-likeness (QED) is 0.0198. The van der Waals surface area contributed by atoms with E-state index in [4.69, 9.17) is 15.2 Å². The van der Waals surface area contributed by atoms with E-state index < -0.39 is 89.9 Å². The lowest BCUT2D eigenvalue weighted by Gasteiger charge is -2.40. The molecular formula is C114H158B6N10O18. The molecule has 148 heavy (non-hydrogen) atoms. The summed E-state index contributed by atoms with van der Waals surface area (Å²) >= 11 is 0. The normalized spacial score (nSPS) is 20.6. The van der Waals surface area contributed by atoms with Crippen molar-refractivity contribution in [1.82, 2.24) is 28.9 Å². The number of rotatable bonds is 24. The van der Waals surface area contributed by atoms with Crippen molar-refractivity contribution in [3.63, 3.8) is 0 Å². The predicted molar refractivity (Wildman–Crippen MR) is 585 cm³/mol. The number of hydrogen-bond acceptors (Lipinski definition) is 24. The van der Waals surface area contributed by atoms with E-state index in [-0.39, 0.29) is 53.5 Å². The third-order valence-electron chi connectivity index (χ3n) is 27.8. The van der Waals surface area contributed by atoms with Crippen LogP contribution >= 0.6 is 0 Å². The maximum absolute atomic E-state index is 12.2. The Kier molecular flexibility index (Phi) is 55.2. The molecule has 28 nitrogen and oxygen atoms in total. The van der Waals surface area contributed by atoms with Crippen LogP contribution < -0.4 is 38.3 Å². The Balaban J connectivity index is 0.000000226. The van der Waals surface area contributed by atoms with E-state index in [9.17, 15) is 79.3 Å². The molecule has 16 rings (SSSR count). The number of quaternary nitrogens is 3. The van der Waals surface area contributed by atoms with Crippen LogP contribution in [0.3, 0.4) is 0 Å². The second kappa shape index (κ2) is 66.2. The van der Waals surface area contributed by atoms with Crippen LogP contribution in [-0.2, 0) is 38.2 Å². The molecule has 0 amide bonds. The number of carbonyl (C=O) groups is 6. The molecule has 6 heterocycles. The van der Waals surface area contributed by atoms with Gasteiger partial charge in [-0.2, -0.15) is 0 Å². The molecule has 6 aliphatic rings. The van der Waals surface area contributed by atoms with Crippen LogP contribution in [0, 0.1) is 29.6 Å². The number of nitrogens with zero attached hydrogens (tertiary/aromatic N) is 6. The molecule has 5 fully saturated rings. The number of carbonyl (C=O) groups excluding carboxylic acids is 5. The van der Waals surface area contributed by atoms with Crippen molar-refractivity contribution in [1.29, 1.82) is 0 Å². The Morgan fingerprint density at radius 1 is 0.331 bits per heavy atom. The van der Waals surface area contributed by atoms with Gasteiger partial charge in [0.15, 0.2) is 0 Å². The molecule has 10 aromatic rings. The molecule has 34 heteroatoms. The van der Waals surface area contributed by atoms with Crippen LogP contribution in [0.4, 0.5) is 0 Å². The maximum Gasteiger partial charge on any atom is 0.376 e. The minimum Gasteiger partial charge on any atom is -0.550 e. The number of esters is 2. The van der Waals surface area contributed by atoms with Crippen LogP contribution in [0.2, 0.25) is 40.9 Å². The summed E-state index contributed by atoms with van der Waals surface area (Å²) in [5.41, 5.74) is 30.6. The first-order chi connectivity index (χ1) is 70.8. The fourth-order valence-electron chi connectivity index (χ4n) is 19.1. The van der Waals surface area contributed by atoms with Crippen LogP contribution in [0.1, 0.15) is 189 Å². The highest BCUT2D eigenvalue weighted by atomic mass is 16.5. The van der Waals surface area contributed by atoms with Crippen molar-refractivity contribution in [3.8, 4) is 0 Å². The van der Waals surface area contributed by atoms with Crippen molar-refractivity contribution < 1.29 is 106 Å². The molecule has 6 aliphatic heterocycles. The van der Waals surface area contributed by atoms with E-state index in [0.29, 0.717) is 95.8 Å². The van der Waals surface area contributed by atoms with Crippen LogP contribution in [0.15, 0.2) is 309 Å². The lowest BCUT2D eigenvalue weighted by molar-refractivity contribution is -0.420. The smallest absolute Gasteiger partial charge is 0.376 e. The summed E-state index contributed by atoms with van der Waals surface area (Å²) in [5.74, 6) is -6.51. The number of nitrogens with two attached hydrogens (primary N) is 1. The first-order valence-corrected chi connectivity index (χ1v) is 52.0. The minimum absolute atomic E-state index is 0.0220. The van der Waals surface area contributed by atoms with Gasteiger partial charge in [0, 0.05) is 78.0 Å². The van der Waals surface area contributed by atoms with Gasteiger partial charge in [-0.3, -0.25) is 9.59 Å². The van der Waals surface area contributed by atoms with Gasteiger partial charge in [0.2, 0.25) is 0 Å². The van der Waals surface area contributed by atoms with Gasteiger partial charge in [-0.25, -0.2) is 4.79 Å². The average molecular weight is 2020 g/mol. The molecule has 0 radical (unpaired) electrons. The summed E-state index contributed by atoms with van der Waals surface area (Å²) < 4.78 is 10.4. The van der Waals surface area contributed by atoms with Gasteiger partial charge in [0.05, 0.1) is 30.6 Å². The molecule has 5 saturated heterocycles. The Bertz CT molecular complexity index is 4940. The predicted octanol–water partition coefficient (Wildman–Crippen LogP) is 9.40. The third-order valence-corrected chi connectivity index (χ3v) is 27.8. The molecular weight excluding hydrogens is 1860 g/mol. The van der Waals surface area contributed by atoms with E-state index >= 15 is 0 Å². The van der Waals surface area contributed by atoms with E-state index in [0.717, 1.165) is 91.5 Å². The fraction of sp³-hybridized carbons (Fsp3) is 0.404. The highest BCUT2D eigenvalue weighted by Gasteiger charge is 2.42. The SMILES string of the molecule is CB(O)N1CCC(c2ccccc2)[C@@H](C(=O)O)C1.CB(O)N1CCC(c2ccccc2)[C@@H](C(=O)[O-])C1.CB(O)N1CC[C@H](c2ccccc2)[C@H](C(=O)[O-])C1.CB(O)N1CC[C@H](c2ccccc2)[C@H](C(=O)[O-])C1.CCOC(=O)C1=C(c2ccccc2)CCN(B(C)O)C1.CCOC(=O)[C@H]1CN(B(C)O)CC[C@H]1c1ccccc1.C[C@H](N)c1ccccc1.C[C@H]([NH3+])c1ccccc1.C[C@H]([NH3+])c1ccccc1.C[C@H]([NH3+])c1ccccc1. The minimum atomic E-state index is -1.03. The second-order valence-corrected chi connectivity index (χ2v) is 38.8. The van der Waals surface area contributed by atoms with Crippen molar-refractivity contribution in [2.75, 3.05) is 91.8 Å². The monoisotopic (exact) mass is 2020 g/mol. The van der Waals surface area contributed by atoms with Crippen molar-refractivity contribution in [2.24, 2.45) is 35.3 Å². The Morgan fingerprint density at radius 3 is 0.770 bits per heavy atom. The van der Waals surface area contributed by atoms with Crippen LogP contribution in [-0.4, -0.2) is 234 Å². The fourth-order valence-corrected chi connectivity index (χ4v) is 19.1. The number of hydrogen-bond donors (Lipinski definition) is 11. The van der Waals surface area contributed by atoms with Gasteiger partial charge in [0.25, 0.3) is 0 Å². The largest absolute Gasteiger partial charge is 0.550 e. The molecule has 0 aromatic heterocycles. The standard InChI is InChI=1S/C15H22BNO3.C15H20BNO3.4C13H18BNO3.4C8H11N/c2*1-3-20-15(18)14-11-17(16(2)19)10-9-13(14)12-7-5-4-6-8-12;4*1-14(18)15-8-7-11(12(9-15)13(16)17)10-5-3-2-4-6-10;4*1-7(9)8-5-3-2-4-6-8/h4-8,13-14,19H,3,9-11H2,1-2H3;4-8,19H,3,9-11H2,1-2H3;4*2-6,11-12,18H,7-9H2,1H3,(H,16,17);4*2-7H,9H2,1H3/t13-,14-;;2*11?,12-;2*11-,12-;4*7-/m0.00110000/s1. The van der Waals surface area contributed by atoms with E-state index in [1.54, 1.807) is 62.3 Å². The zero-order valence-electron chi connectivity index (χ0n) is 88.6. The summed E-state index contributed by atoms with van der Waals surface area (Å²) in [4.78, 5) is 80.6. The summed E-state index contributed by atoms with van der Waals surface area (Å²) in [6.45, 7) is 29.6.